The molecule has 0 heterocycles. The molecule has 2 rings (SSSR count). The van der Waals surface area contributed by atoms with Gasteiger partial charge in [-0.2, -0.15) is 0 Å². The van der Waals surface area contributed by atoms with Crippen LogP contribution in [-0.2, 0) is 9.53 Å². The minimum atomic E-state index is -0.353. The molecule has 2 aliphatic carbocycles. The standard InChI is InChI=1S/C20H36O2/c1-6-13-19(2,3)18(21)22-20(4,5)17-12-11-15-9-7-8-10-16(15)14-17/h15-17H,6-14H2,1-5H3. The van der Waals surface area contributed by atoms with Gasteiger partial charge in [0, 0.05) is 0 Å². The van der Waals surface area contributed by atoms with Crippen molar-refractivity contribution in [3.8, 4) is 0 Å². The molecule has 0 spiro atoms. The van der Waals surface area contributed by atoms with Gasteiger partial charge in [0.05, 0.1) is 5.41 Å². The van der Waals surface area contributed by atoms with Gasteiger partial charge in [0.1, 0.15) is 5.60 Å². The molecule has 2 heteroatoms. The molecule has 0 saturated heterocycles. The summed E-state index contributed by atoms with van der Waals surface area (Å²) >= 11 is 0. The zero-order chi connectivity index (χ0) is 16.4. The Morgan fingerprint density at radius 1 is 1.00 bits per heavy atom. The molecule has 0 aliphatic heterocycles. The van der Waals surface area contributed by atoms with Crippen LogP contribution in [0.3, 0.4) is 0 Å². The van der Waals surface area contributed by atoms with E-state index in [2.05, 4.69) is 20.8 Å². The van der Waals surface area contributed by atoms with Gasteiger partial charge in [0.2, 0.25) is 0 Å². The molecule has 0 radical (unpaired) electrons. The molecule has 2 aliphatic rings. The first-order chi connectivity index (χ1) is 10.3. The fourth-order valence-electron chi connectivity index (χ4n) is 4.69. The second-order valence-electron chi connectivity index (χ2n) is 8.94. The van der Waals surface area contributed by atoms with Crippen LogP contribution >= 0.6 is 0 Å². The number of esters is 1. The molecule has 0 aromatic rings. The summed E-state index contributed by atoms with van der Waals surface area (Å²) in [5.74, 6) is 2.36. The summed E-state index contributed by atoms with van der Waals surface area (Å²) in [5, 5.41) is 0. The van der Waals surface area contributed by atoms with Crippen LogP contribution in [0.2, 0.25) is 0 Å². The number of rotatable bonds is 5. The molecular formula is C20H36O2. The van der Waals surface area contributed by atoms with Crippen molar-refractivity contribution < 1.29 is 9.53 Å². The van der Waals surface area contributed by atoms with Crippen LogP contribution in [-0.4, -0.2) is 11.6 Å². The molecule has 0 aromatic carbocycles. The maximum absolute atomic E-state index is 12.6. The third kappa shape index (κ3) is 4.06. The van der Waals surface area contributed by atoms with Crippen molar-refractivity contribution in [1.29, 1.82) is 0 Å². The first kappa shape index (κ1) is 17.8. The summed E-state index contributed by atoms with van der Waals surface area (Å²) in [7, 11) is 0. The Labute approximate surface area is 137 Å². The first-order valence-electron chi connectivity index (χ1n) is 9.49. The van der Waals surface area contributed by atoms with Gasteiger partial charge in [0.15, 0.2) is 0 Å². The van der Waals surface area contributed by atoms with Crippen molar-refractivity contribution in [2.75, 3.05) is 0 Å². The quantitative estimate of drug-likeness (QED) is 0.605. The van der Waals surface area contributed by atoms with E-state index in [9.17, 15) is 4.79 Å². The van der Waals surface area contributed by atoms with E-state index in [4.69, 9.17) is 4.74 Å². The fraction of sp³-hybridized carbons (Fsp3) is 0.950. The molecule has 0 amide bonds. The van der Waals surface area contributed by atoms with Crippen molar-refractivity contribution in [2.45, 2.75) is 98.0 Å². The number of hydrogen-bond donors (Lipinski definition) is 0. The number of hydrogen-bond acceptors (Lipinski definition) is 2. The zero-order valence-electron chi connectivity index (χ0n) is 15.4. The van der Waals surface area contributed by atoms with E-state index in [1.807, 2.05) is 13.8 Å². The smallest absolute Gasteiger partial charge is 0.312 e. The number of fused-ring (bicyclic) bond motifs is 1. The maximum Gasteiger partial charge on any atom is 0.312 e. The molecule has 128 valence electrons. The molecule has 0 bridgehead atoms. The Kier molecular flexibility index (Phi) is 5.61. The van der Waals surface area contributed by atoms with Crippen LogP contribution in [0.25, 0.3) is 0 Å². The minimum absolute atomic E-state index is 0.00915. The monoisotopic (exact) mass is 308 g/mol. The Morgan fingerprint density at radius 3 is 2.27 bits per heavy atom. The van der Waals surface area contributed by atoms with E-state index in [0.717, 1.165) is 24.7 Å². The van der Waals surface area contributed by atoms with E-state index in [1.54, 1.807) is 0 Å². The SMILES string of the molecule is CCCC(C)(C)C(=O)OC(C)(C)C1CCC2CCCCC2C1. The van der Waals surface area contributed by atoms with E-state index < -0.39 is 0 Å². The van der Waals surface area contributed by atoms with Gasteiger partial charge in [0.25, 0.3) is 0 Å². The number of ether oxygens (including phenoxy) is 1. The Balaban J connectivity index is 1.96. The van der Waals surface area contributed by atoms with Gasteiger partial charge >= 0.3 is 5.97 Å². The fourth-order valence-corrected chi connectivity index (χ4v) is 4.69. The van der Waals surface area contributed by atoms with Crippen molar-refractivity contribution in [2.24, 2.45) is 23.2 Å². The van der Waals surface area contributed by atoms with Crippen LogP contribution in [0.15, 0.2) is 0 Å². The Morgan fingerprint density at radius 2 is 1.64 bits per heavy atom. The van der Waals surface area contributed by atoms with Gasteiger partial charge in [-0.3, -0.25) is 4.79 Å². The highest BCUT2D eigenvalue weighted by molar-refractivity contribution is 5.76. The highest BCUT2D eigenvalue weighted by Crippen LogP contribution is 2.46. The highest BCUT2D eigenvalue weighted by atomic mass is 16.6. The van der Waals surface area contributed by atoms with Gasteiger partial charge in [-0.1, -0.05) is 39.0 Å². The third-order valence-electron chi connectivity index (χ3n) is 6.31. The van der Waals surface area contributed by atoms with Crippen molar-refractivity contribution in [1.82, 2.24) is 0 Å². The molecule has 2 saturated carbocycles. The summed E-state index contributed by atoms with van der Waals surface area (Å²) in [6, 6.07) is 0. The van der Waals surface area contributed by atoms with Crippen molar-refractivity contribution in [3.63, 3.8) is 0 Å². The summed E-state index contributed by atoms with van der Waals surface area (Å²) < 4.78 is 6.04. The van der Waals surface area contributed by atoms with Gasteiger partial charge in [-0.25, -0.2) is 0 Å². The topological polar surface area (TPSA) is 26.3 Å². The van der Waals surface area contributed by atoms with E-state index in [-0.39, 0.29) is 17.0 Å². The first-order valence-corrected chi connectivity index (χ1v) is 9.49. The van der Waals surface area contributed by atoms with Crippen LogP contribution < -0.4 is 0 Å². The highest BCUT2D eigenvalue weighted by Gasteiger charge is 2.42. The molecular weight excluding hydrogens is 272 g/mol. The van der Waals surface area contributed by atoms with Crippen LogP contribution in [0, 0.1) is 23.2 Å². The van der Waals surface area contributed by atoms with Crippen LogP contribution in [0.1, 0.15) is 92.4 Å². The predicted molar refractivity (Wildman–Crippen MR) is 91.6 cm³/mol. The van der Waals surface area contributed by atoms with Crippen LogP contribution in [0.4, 0.5) is 0 Å². The average molecular weight is 309 g/mol. The summed E-state index contributed by atoms with van der Waals surface area (Å²) in [4.78, 5) is 12.6. The van der Waals surface area contributed by atoms with E-state index >= 15 is 0 Å². The Bertz CT molecular complexity index is 383. The third-order valence-corrected chi connectivity index (χ3v) is 6.31. The van der Waals surface area contributed by atoms with Crippen LogP contribution in [0.5, 0.6) is 0 Å². The van der Waals surface area contributed by atoms with Gasteiger partial charge < -0.3 is 4.74 Å². The number of carbonyl (C=O) groups excluding carboxylic acids is 1. The molecule has 22 heavy (non-hydrogen) atoms. The van der Waals surface area contributed by atoms with Crippen molar-refractivity contribution in [3.05, 3.63) is 0 Å². The molecule has 2 nitrogen and oxygen atoms in total. The second-order valence-corrected chi connectivity index (χ2v) is 8.94. The normalized spacial score (nSPS) is 29.8. The second kappa shape index (κ2) is 6.93. The molecule has 3 unspecified atom stereocenters. The number of carbonyl (C=O) groups is 1. The van der Waals surface area contributed by atoms with Gasteiger partial charge in [-0.15, -0.1) is 0 Å². The minimum Gasteiger partial charge on any atom is -0.459 e. The lowest BCUT2D eigenvalue weighted by molar-refractivity contribution is -0.175. The zero-order valence-corrected chi connectivity index (χ0v) is 15.4. The largest absolute Gasteiger partial charge is 0.459 e. The van der Waals surface area contributed by atoms with E-state index in [1.165, 1.54) is 44.9 Å². The van der Waals surface area contributed by atoms with Crippen molar-refractivity contribution >= 4 is 5.97 Å². The molecule has 3 atom stereocenters. The summed E-state index contributed by atoms with van der Waals surface area (Å²) in [5.41, 5.74) is -0.668. The lowest BCUT2D eigenvalue weighted by atomic mass is 9.64. The predicted octanol–water partition coefficient (Wildman–Crippen LogP) is 5.74. The lowest BCUT2D eigenvalue weighted by Crippen LogP contribution is -2.44. The van der Waals surface area contributed by atoms with E-state index in [0.29, 0.717) is 5.92 Å². The molecule has 0 N–H and O–H groups in total. The summed E-state index contributed by atoms with van der Waals surface area (Å²) in [6.45, 7) is 10.5. The summed E-state index contributed by atoms with van der Waals surface area (Å²) in [6.07, 6.45) is 11.4. The average Bonchev–Trinajstić information content (AvgIpc) is 2.46. The maximum atomic E-state index is 12.6. The lowest BCUT2D eigenvalue weighted by Gasteiger charge is -2.45. The Hall–Kier alpha value is -0.530. The molecule has 2 fully saturated rings. The molecule has 0 aromatic heterocycles. The van der Waals surface area contributed by atoms with Gasteiger partial charge in [-0.05, 0) is 71.1 Å².